The van der Waals surface area contributed by atoms with E-state index in [2.05, 4.69) is 36.7 Å². The third-order valence-electron chi connectivity index (χ3n) is 4.10. The number of anilines is 2. The third kappa shape index (κ3) is 3.80. The second kappa shape index (κ2) is 7.20. The monoisotopic (exact) mass is 356 g/mol. The van der Waals surface area contributed by atoms with Crippen LogP contribution in [0.2, 0.25) is 0 Å². The van der Waals surface area contributed by atoms with Crippen LogP contribution in [0.25, 0.3) is 11.3 Å². The number of pyridine rings is 1. The number of hydrogen-bond acceptors (Lipinski definition) is 7. The van der Waals surface area contributed by atoms with Crippen molar-refractivity contribution in [3.8, 4) is 11.3 Å². The Hall–Kier alpha value is -2.45. The number of morpholine rings is 1. The van der Waals surface area contributed by atoms with Crippen LogP contribution >= 0.6 is 11.3 Å². The lowest BCUT2D eigenvalue weighted by Crippen LogP contribution is -2.36. The number of thiazole rings is 1. The summed E-state index contributed by atoms with van der Waals surface area (Å²) in [5, 5.41) is 10.6. The molecule has 1 aliphatic rings. The Kier molecular flexibility index (Phi) is 4.62. The summed E-state index contributed by atoms with van der Waals surface area (Å²) in [5.41, 5.74) is 3.14. The number of rotatable bonds is 5. The first kappa shape index (κ1) is 16.0. The summed E-state index contributed by atoms with van der Waals surface area (Å²) in [6.45, 7) is 4.07. The largest absolute Gasteiger partial charge is 0.378 e. The number of nitrogens with one attached hydrogen (secondary N) is 1. The van der Waals surface area contributed by atoms with Crippen LogP contribution < -0.4 is 10.2 Å². The zero-order valence-electron chi connectivity index (χ0n) is 14.1. The molecule has 1 saturated heterocycles. The highest BCUT2D eigenvalue weighted by Gasteiger charge is 2.11. The molecule has 0 spiro atoms. The molecule has 25 heavy (non-hydrogen) atoms. The lowest BCUT2D eigenvalue weighted by atomic mass is 10.3. The first-order valence-electron chi connectivity index (χ1n) is 8.24. The maximum absolute atomic E-state index is 5.38. The van der Waals surface area contributed by atoms with Gasteiger partial charge in [0, 0.05) is 37.3 Å². The molecule has 0 amide bonds. The zero-order valence-corrected chi connectivity index (χ0v) is 14.9. The quantitative estimate of drug-likeness (QED) is 0.757. The fraction of sp³-hybridized carbons (Fsp3) is 0.353. The van der Waals surface area contributed by atoms with Gasteiger partial charge in [0.2, 0.25) is 0 Å². The molecule has 8 heteroatoms. The maximum atomic E-state index is 5.38. The molecule has 0 unspecified atom stereocenters. The molecule has 3 aromatic heterocycles. The van der Waals surface area contributed by atoms with Crippen molar-refractivity contribution in [3.05, 3.63) is 41.1 Å². The van der Waals surface area contributed by atoms with Crippen LogP contribution in [0.3, 0.4) is 0 Å². The molecule has 0 aliphatic carbocycles. The molecule has 1 fully saturated rings. The number of hydrogen-bond donors (Lipinski definition) is 1. The molecule has 4 heterocycles. The Balaban J connectivity index is 1.36. The summed E-state index contributed by atoms with van der Waals surface area (Å²) in [6.07, 6.45) is 5.72. The normalized spacial score (nSPS) is 14.7. The van der Waals surface area contributed by atoms with Gasteiger partial charge in [-0.05, 0) is 12.1 Å². The predicted octanol–water partition coefficient (Wildman–Crippen LogP) is 2.39. The van der Waals surface area contributed by atoms with E-state index in [0.29, 0.717) is 6.54 Å². The second-order valence-corrected chi connectivity index (χ2v) is 6.83. The van der Waals surface area contributed by atoms with E-state index in [1.807, 2.05) is 31.7 Å². The third-order valence-corrected chi connectivity index (χ3v) is 4.95. The van der Waals surface area contributed by atoms with Crippen LogP contribution in [-0.2, 0) is 18.3 Å². The minimum atomic E-state index is 0.662. The molecule has 130 valence electrons. The molecule has 7 nitrogen and oxygen atoms in total. The summed E-state index contributed by atoms with van der Waals surface area (Å²) in [7, 11) is 1.91. The molecule has 4 rings (SSSR count). The molecular weight excluding hydrogens is 336 g/mol. The molecule has 1 N–H and O–H groups in total. The highest BCUT2D eigenvalue weighted by Crippen LogP contribution is 2.22. The fourth-order valence-electron chi connectivity index (χ4n) is 2.74. The van der Waals surface area contributed by atoms with Crippen LogP contribution in [-0.4, -0.2) is 46.1 Å². The van der Waals surface area contributed by atoms with Crippen molar-refractivity contribution in [2.75, 3.05) is 36.5 Å². The van der Waals surface area contributed by atoms with Gasteiger partial charge in [0.1, 0.15) is 10.8 Å². The van der Waals surface area contributed by atoms with Crippen LogP contribution in [0.1, 0.15) is 5.01 Å². The van der Waals surface area contributed by atoms with E-state index in [1.54, 1.807) is 16.0 Å². The first-order valence-corrected chi connectivity index (χ1v) is 9.12. The van der Waals surface area contributed by atoms with Gasteiger partial charge >= 0.3 is 0 Å². The lowest BCUT2D eigenvalue weighted by Gasteiger charge is -2.28. The highest BCUT2D eigenvalue weighted by molar-refractivity contribution is 7.09. The molecule has 0 saturated carbocycles. The fourth-order valence-corrected chi connectivity index (χ4v) is 3.49. The van der Waals surface area contributed by atoms with Gasteiger partial charge < -0.3 is 15.0 Å². The van der Waals surface area contributed by atoms with Crippen LogP contribution in [0.4, 0.5) is 11.5 Å². The Morgan fingerprint density at radius 2 is 2.12 bits per heavy atom. The number of ether oxygens (including phenoxy) is 1. The number of aryl methyl sites for hydroxylation is 1. The number of nitrogens with zero attached hydrogens (tertiary/aromatic N) is 5. The summed E-state index contributed by atoms with van der Waals surface area (Å²) < 4.78 is 7.17. The topological polar surface area (TPSA) is 68.1 Å². The van der Waals surface area contributed by atoms with E-state index in [9.17, 15) is 0 Å². The predicted molar refractivity (Wildman–Crippen MR) is 98.9 cm³/mol. The van der Waals surface area contributed by atoms with Crippen molar-refractivity contribution >= 4 is 22.8 Å². The minimum absolute atomic E-state index is 0.662. The van der Waals surface area contributed by atoms with Crippen LogP contribution in [0.5, 0.6) is 0 Å². The maximum Gasteiger partial charge on any atom is 0.126 e. The Morgan fingerprint density at radius 3 is 2.84 bits per heavy atom. The van der Waals surface area contributed by atoms with E-state index in [4.69, 9.17) is 4.74 Å². The van der Waals surface area contributed by atoms with E-state index in [0.717, 1.165) is 54.1 Å². The van der Waals surface area contributed by atoms with Gasteiger partial charge in [-0.1, -0.05) is 0 Å². The average Bonchev–Trinajstić information content (AvgIpc) is 3.30. The van der Waals surface area contributed by atoms with E-state index >= 15 is 0 Å². The lowest BCUT2D eigenvalue weighted by molar-refractivity contribution is 0.122. The van der Waals surface area contributed by atoms with Gasteiger partial charge in [-0.25, -0.2) is 9.97 Å². The van der Waals surface area contributed by atoms with Crippen LogP contribution in [0, 0.1) is 0 Å². The van der Waals surface area contributed by atoms with Gasteiger partial charge in [-0.15, -0.1) is 11.3 Å². The zero-order chi connectivity index (χ0) is 17.1. The highest BCUT2D eigenvalue weighted by atomic mass is 32.1. The van der Waals surface area contributed by atoms with Gasteiger partial charge in [0.05, 0.1) is 43.5 Å². The molecule has 0 radical (unpaired) electrons. The summed E-state index contributed by atoms with van der Waals surface area (Å²) in [4.78, 5) is 11.5. The molecule has 0 atom stereocenters. The average molecular weight is 356 g/mol. The standard InChI is InChI=1S/C17H20N6OS/c1-22-11-13(8-20-22)15-12-25-17(21-15)10-19-16-3-2-14(9-18-16)23-4-6-24-7-5-23/h2-3,8-9,11-12H,4-7,10H2,1H3,(H,18,19). The summed E-state index contributed by atoms with van der Waals surface area (Å²) in [5.74, 6) is 0.857. The van der Waals surface area contributed by atoms with Crippen molar-refractivity contribution in [2.45, 2.75) is 6.54 Å². The van der Waals surface area contributed by atoms with Gasteiger partial charge in [-0.2, -0.15) is 5.10 Å². The summed E-state index contributed by atoms with van der Waals surface area (Å²) >= 11 is 1.64. The number of aromatic nitrogens is 4. The van der Waals surface area contributed by atoms with E-state index < -0.39 is 0 Å². The van der Waals surface area contributed by atoms with Gasteiger partial charge in [0.25, 0.3) is 0 Å². The van der Waals surface area contributed by atoms with Gasteiger partial charge in [-0.3, -0.25) is 4.68 Å². The Labute approximate surface area is 150 Å². The molecular formula is C17H20N6OS. The van der Waals surface area contributed by atoms with Crippen molar-refractivity contribution in [1.82, 2.24) is 19.7 Å². The second-order valence-electron chi connectivity index (χ2n) is 5.88. The smallest absolute Gasteiger partial charge is 0.126 e. The Bertz CT molecular complexity index is 822. The van der Waals surface area contributed by atoms with E-state index in [-0.39, 0.29) is 0 Å². The first-order chi connectivity index (χ1) is 12.3. The summed E-state index contributed by atoms with van der Waals surface area (Å²) in [6, 6.07) is 4.12. The van der Waals surface area contributed by atoms with Crippen molar-refractivity contribution in [2.24, 2.45) is 7.05 Å². The van der Waals surface area contributed by atoms with Crippen LogP contribution in [0.15, 0.2) is 36.1 Å². The SMILES string of the molecule is Cn1cc(-c2csc(CNc3ccc(N4CCOCC4)cn3)n2)cn1. The molecule has 3 aromatic rings. The minimum Gasteiger partial charge on any atom is -0.378 e. The van der Waals surface area contributed by atoms with Gasteiger partial charge in [0.15, 0.2) is 0 Å². The van der Waals surface area contributed by atoms with Crippen molar-refractivity contribution < 1.29 is 4.74 Å². The molecule has 1 aliphatic heterocycles. The molecule has 0 aromatic carbocycles. The van der Waals surface area contributed by atoms with E-state index in [1.165, 1.54) is 0 Å². The van der Waals surface area contributed by atoms with Crippen molar-refractivity contribution in [1.29, 1.82) is 0 Å². The molecule has 0 bridgehead atoms. The van der Waals surface area contributed by atoms with Crippen molar-refractivity contribution in [3.63, 3.8) is 0 Å². The Morgan fingerprint density at radius 1 is 1.24 bits per heavy atom.